The molecular weight excluding hydrogens is 276 g/mol. The van der Waals surface area contributed by atoms with Gasteiger partial charge in [-0.25, -0.2) is 4.79 Å². The molecule has 0 spiro atoms. The summed E-state index contributed by atoms with van der Waals surface area (Å²) in [5.41, 5.74) is -0.745. The third-order valence-electron chi connectivity index (χ3n) is 4.87. The van der Waals surface area contributed by atoms with Crippen molar-refractivity contribution in [1.29, 1.82) is 0 Å². The monoisotopic (exact) mass is 300 g/mol. The van der Waals surface area contributed by atoms with E-state index in [1.54, 1.807) is 0 Å². The lowest BCUT2D eigenvalue weighted by atomic mass is 9.84. The van der Waals surface area contributed by atoms with E-state index in [4.69, 9.17) is 0 Å². The Morgan fingerprint density at radius 3 is 2.10 bits per heavy atom. The van der Waals surface area contributed by atoms with Crippen LogP contribution >= 0.6 is 11.8 Å². The first-order valence-corrected chi connectivity index (χ1v) is 8.55. The van der Waals surface area contributed by atoms with Crippen molar-refractivity contribution >= 4 is 23.8 Å². The van der Waals surface area contributed by atoms with Gasteiger partial charge in [-0.1, -0.05) is 19.3 Å². The van der Waals surface area contributed by atoms with Gasteiger partial charge in [-0.2, -0.15) is 11.8 Å². The van der Waals surface area contributed by atoms with Gasteiger partial charge in [-0.15, -0.1) is 0 Å². The highest BCUT2D eigenvalue weighted by atomic mass is 32.2. The normalized spacial score (nSPS) is 22.9. The fraction of sp³-hybridized carbons (Fsp3) is 0.857. The Bertz CT molecular complexity index is 371. The van der Waals surface area contributed by atoms with Crippen LogP contribution in [0, 0.1) is 5.41 Å². The van der Waals surface area contributed by atoms with Crippen LogP contribution in [-0.2, 0) is 4.79 Å². The van der Waals surface area contributed by atoms with E-state index in [0.717, 1.165) is 25.7 Å². The molecule has 114 valence electrons. The van der Waals surface area contributed by atoms with Gasteiger partial charge < -0.3 is 15.7 Å². The maximum absolute atomic E-state index is 11.8. The molecule has 20 heavy (non-hydrogen) atoms. The molecule has 0 atom stereocenters. The number of carbonyl (C=O) groups excluding carboxylic acids is 1. The van der Waals surface area contributed by atoms with Gasteiger partial charge in [0.1, 0.15) is 0 Å². The van der Waals surface area contributed by atoms with E-state index in [2.05, 4.69) is 16.9 Å². The fourth-order valence-corrected chi connectivity index (χ4v) is 4.01. The van der Waals surface area contributed by atoms with Crippen molar-refractivity contribution in [2.45, 2.75) is 49.7 Å². The minimum absolute atomic E-state index is 0.204. The molecule has 0 aromatic heterocycles. The molecule has 0 aliphatic heterocycles. The van der Waals surface area contributed by atoms with Crippen LogP contribution in [0.15, 0.2) is 0 Å². The first-order chi connectivity index (χ1) is 9.52. The topological polar surface area (TPSA) is 78.4 Å². The molecule has 0 bridgehead atoms. The SMILES string of the molecule is CSC1(CNC(=O)NCC2(C(=O)O)CCCC2)CCC1. The van der Waals surface area contributed by atoms with Gasteiger partial charge in [0, 0.05) is 17.8 Å². The second kappa shape index (κ2) is 6.24. The highest BCUT2D eigenvalue weighted by molar-refractivity contribution is 8.00. The number of amides is 2. The number of thioether (sulfide) groups is 1. The van der Waals surface area contributed by atoms with Crippen molar-refractivity contribution in [2.75, 3.05) is 19.3 Å². The summed E-state index contributed by atoms with van der Waals surface area (Å²) < 4.78 is 0.204. The number of aliphatic carboxylic acids is 1. The Morgan fingerprint density at radius 1 is 1.05 bits per heavy atom. The standard InChI is InChI=1S/C14H24N2O3S/c1-20-14(7-4-8-14)10-16-12(19)15-9-13(11(17)18)5-2-3-6-13/h2-10H2,1H3,(H,17,18)(H2,15,16,19). The number of hydrogen-bond donors (Lipinski definition) is 3. The Kier molecular flexibility index (Phi) is 4.83. The van der Waals surface area contributed by atoms with Crippen LogP contribution in [0.5, 0.6) is 0 Å². The van der Waals surface area contributed by atoms with Gasteiger partial charge in [0.25, 0.3) is 0 Å². The summed E-state index contributed by atoms with van der Waals surface area (Å²) in [4.78, 5) is 23.2. The molecule has 0 radical (unpaired) electrons. The van der Waals surface area contributed by atoms with Crippen LogP contribution in [0.2, 0.25) is 0 Å². The van der Waals surface area contributed by atoms with Crippen LogP contribution in [0.3, 0.4) is 0 Å². The molecule has 0 aromatic rings. The maximum atomic E-state index is 11.8. The predicted octanol–water partition coefficient (Wildman–Crippen LogP) is 2.22. The van der Waals surface area contributed by atoms with E-state index in [1.165, 1.54) is 6.42 Å². The number of carbonyl (C=O) groups is 2. The van der Waals surface area contributed by atoms with Crippen LogP contribution < -0.4 is 10.6 Å². The minimum atomic E-state index is -0.783. The Balaban J connectivity index is 1.75. The summed E-state index contributed by atoms with van der Waals surface area (Å²) in [5, 5.41) is 15.0. The molecule has 2 fully saturated rings. The fourth-order valence-electron chi connectivity index (χ4n) is 3.10. The molecule has 0 aromatic carbocycles. The highest BCUT2D eigenvalue weighted by Gasteiger charge is 2.41. The second-order valence-electron chi connectivity index (χ2n) is 6.07. The number of urea groups is 1. The summed E-state index contributed by atoms with van der Waals surface area (Å²) in [5.74, 6) is -0.783. The summed E-state index contributed by atoms with van der Waals surface area (Å²) >= 11 is 1.81. The van der Waals surface area contributed by atoms with E-state index in [-0.39, 0.29) is 17.3 Å². The zero-order chi connectivity index (χ0) is 14.6. The third kappa shape index (κ3) is 3.22. The van der Waals surface area contributed by atoms with Gasteiger partial charge in [-0.3, -0.25) is 4.79 Å². The summed E-state index contributed by atoms with van der Waals surface area (Å²) in [7, 11) is 0. The summed E-state index contributed by atoms with van der Waals surface area (Å²) in [6, 6.07) is -0.238. The molecule has 3 N–H and O–H groups in total. The predicted molar refractivity (Wildman–Crippen MR) is 80.0 cm³/mol. The molecule has 5 nitrogen and oxygen atoms in total. The number of rotatable bonds is 6. The van der Waals surface area contributed by atoms with Crippen LogP contribution in [0.1, 0.15) is 44.9 Å². The first-order valence-electron chi connectivity index (χ1n) is 7.32. The van der Waals surface area contributed by atoms with Gasteiger partial charge in [0.05, 0.1) is 5.41 Å². The van der Waals surface area contributed by atoms with Crippen molar-refractivity contribution < 1.29 is 14.7 Å². The molecule has 0 unspecified atom stereocenters. The number of carboxylic acid groups (broad SMARTS) is 1. The minimum Gasteiger partial charge on any atom is -0.481 e. The molecule has 6 heteroatoms. The zero-order valence-corrected chi connectivity index (χ0v) is 12.9. The van der Waals surface area contributed by atoms with E-state index < -0.39 is 11.4 Å². The summed E-state index contributed by atoms with van der Waals surface area (Å²) in [6.07, 6.45) is 8.80. The Morgan fingerprint density at radius 2 is 1.65 bits per heavy atom. The lowest BCUT2D eigenvalue weighted by Crippen LogP contribution is -2.50. The van der Waals surface area contributed by atoms with Crippen LogP contribution in [0.25, 0.3) is 0 Å². The van der Waals surface area contributed by atoms with Crippen molar-refractivity contribution in [3.05, 3.63) is 0 Å². The Hall–Kier alpha value is -0.910. The van der Waals surface area contributed by atoms with Crippen molar-refractivity contribution in [2.24, 2.45) is 5.41 Å². The quantitative estimate of drug-likeness (QED) is 0.703. The molecule has 0 saturated heterocycles. The average Bonchev–Trinajstić information content (AvgIpc) is 2.86. The van der Waals surface area contributed by atoms with E-state index in [9.17, 15) is 14.7 Å². The third-order valence-corrected chi connectivity index (χ3v) is 6.29. The van der Waals surface area contributed by atoms with E-state index in [1.807, 2.05) is 11.8 Å². The molecule has 2 saturated carbocycles. The van der Waals surface area contributed by atoms with Gasteiger partial charge in [0.15, 0.2) is 0 Å². The number of hydrogen-bond acceptors (Lipinski definition) is 3. The lowest BCUT2D eigenvalue weighted by molar-refractivity contribution is -0.148. The molecule has 2 aliphatic rings. The molecule has 2 amide bonds. The average molecular weight is 300 g/mol. The van der Waals surface area contributed by atoms with E-state index >= 15 is 0 Å². The molecule has 0 heterocycles. The van der Waals surface area contributed by atoms with Crippen LogP contribution in [-0.4, -0.2) is 41.2 Å². The van der Waals surface area contributed by atoms with Crippen molar-refractivity contribution in [3.8, 4) is 0 Å². The lowest BCUT2D eigenvalue weighted by Gasteiger charge is -2.40. The number of nitrogens with one attached hydrogen (secondary N) is 2. The molecular formula is C14H24N2O3S. The smallest absolute Gasteiger partial charge is 0.314 e. The van der Waals surface area contributed by atoms with E-state index in [0.29, 0.717) is 19.4 Å². The highest BCUT2D eigenvalue weighted by Crippen LogP contribution is 2.42. The van der Waals surface area contributed by atoms with Crippen LogP contribution in [0.4, 0.5) is 4.79 Å². The molecule has 2 aliphatic carbocycles. The van der Waals surface area contributed by atoms with Gasteiger partial charge >= 0.3 is 12.0 Å². The van der Waals surface area contributed by atoms with Gasteiger partial charge in [0.2, 0.25) is 0 Å². The Labute approximate surface area is 124 Å². The van der Waals surface area contributed by atoms with Crippen molar-refractivity contribution in [1.82, 2.24) is 10.6 Å². The summed E-state index contributed by atoms with van der Waals surface area (Å²) in [6.45, 7) is 0.903. The van der Waals surface area contributed by atoms with Crippen molar-refractivity contribution in [3.63, 3.8) is 0 Å². The second-order valence-corrected chi connectivity index (χ2v) is 7.34. The maximum Gasteiger partial charge on any atom is 0.314 e. The molecule has 2 rings (SSSR count). The first kappa shape index (κ1) is 15.5. The number of carboxylic acids is 1. The van der Waals surface area contributed by atoms with Gasteiger partial charge in [-0.05, 0) is 31.9 Å². The largest absolute Gasteiger partial charge is 0.481 e. The zero-order valence-electron chi connectivity index (χ0n) is 12.0.